The van der Waals surface area contributed by atoms with Crippen molar-refractivity contribution in [1.29, 1.82) is 0 Å². The molecule has 0 aliphatic heterocycles. The highest BCUT2D eigenvalue weighted by Crippen LogP contribution is 2.28. The van der Waals surface area contributed by atoms with E-state index in [0.29, 0.717) is 6.54 Å². The lowest BCUT2D eigenvalue weighted by molar-refractivity contribution is 0.0691. The number of carbonyl (C=O) groups is 1. The number of unbranched alkanes of at least 4 members (excludes halogenated alkanes) is 2. The van der Waals surface area contributed by atoms with E-state index in [0.717, 1.165) is 19.3 Å². The van der Waals surface area contributed by atoms with Crippen molar-refractivity contribution >= 4 is 16.0 Å². The Balaban J connectivity index is 3.19. The fourth-order valence-electron chi connectivity index (χ4n) is 2.08. The monoisotopic (exact) mass is 303 g/mol. The Kier molecular flexibility index (Phi) is 5.35. The highest BCUT2D eigenvalue weighted by atomic mass is 32.2. The molecule has 1 aromatic heterocycles. The fraction of sp³-hybridized carbons (Fsp3) is 0.615. The van der Waals surface area contributed by atoms with Crippen LogP contribution < -0.4 is 0 Å². The number of furan rings is 1. The van der Waals surface area contributed by atoms with E-state index >= 15 is 0 Å². The molecular formula is C13H21NO5S. The number of carboxylic acids is 1. The summed E-state index contributed by atoms with van der Waals surface area (Å²) < 4.78 is 31.3. The summed E-state index contributed by atoms with van der Waals surface area (Å²) >= 11 is 0. The van der Waals surface area contributed by atoms with E-state index in [-0.39, 0.29) is 22.0 Å². The molecule has 20 heavy (non-hydrogen) atoms. The molecule has 0 aliphatic rings. The molecule has 1 rings (SSSR count). The van der Waals surface area contributed by atoms with Crippen LogP contribution in [0.5, 0.6) is 0 Å². The zero-order valence-electron chi connectivity index (χ0n) is 12.3. The number of hydrogen-bond donors (Lipinski definition) is 1. The Morgan fingerprint density at radius 1 is 1.25 bits per heavy atom. The average molecular weight is 303 g/mol. The van der Waals surface area contributed by atoms with Gasteiger partial charge in [-0.25, -0.2) is 17.5 Å². The van der Waals surface area contributed by atoms with Gasteiger partial charge in [-0.3, -0.25) is 0 Å². The molecule has 1 N–H and O–H groups in total. The van der Waals surface area contributed by atoms with Gasteiger partial charge < -0.3 is 9.52 Å². The largest absolute Gasteiger partial charge is 0.478 e. The van der Waals surface area contributed by atoms with Crippen molar-refractivity contribution in [2.24, 2.45) is 0 Å². The molecule has 0 bridgehead atoms. The van der Waals surface area contributed by atoms with E-state index in [1.807, 2.05) is 6.92 Å². The molecule has 1 aromatic rings. The number of hydrogen-bond acceptors (Lipinski definition) is 4. The summed E-state index contributed by atoms with van der Waals surface area (Å²) in [6.07, 6.45) is 2.65. The second-order valence-electron chi connectivity index (χ2n) is 4.76. The van der Waals surface area contributed by atoms with E-state index in [1.165, 1.54) is 25.2 Å². The molecule has 1 heterocycles. The SMILES string of the molecule is CCCCCN(C)S(=O)(=O)c1c(C)oc(C)c1C(=O)O. The van der Waals surface area contributed by atoms with Crippen LogP contribution in [0.4, 0.5) is 0 Å². The Bertz CT molecular complexity index is 588. The maximum atomic E-state index is 12.5. The van der Waals surface area contributed by atoms with Crippen molar-refractivity contribution in [3.63, 3.8) is 0 Å². The molecule has 0 atom stereocenters. The zero-order valence-corrected chi connectivity index (χ0v) is 13.1. The van der Waals surface area contributed by atoms with Crippen molar-refractivity contribution in [2.75, 3.05) is 13.6 Å². The van der Waals surface area contributed by atoms with E-state index in [1.54, 1.807) is 0 Å². The summed E-state index contributed by atoms with van der Waals surface area (Å²) in [5, 5.41) is 9.18. The molecule has 0 aliphatic carbocycles. The molecule has 0 spiro atoms. The number of rotatable bonds is 7. The Hall–Kier alpha value is -1.34. The van der Waals surface area contributed by atoms with Gasteiger partial charge in [-0.05, 0) is 20.3 Å². The molecule has 0 radical (unpaired) electrons. The van der Waals surface area contributed by atoms with Gasteiger partial charge in [0.25, 0.3) is 0 Å². The first-order valence-electron chi connectivity index (χ1n) is 6.53. The minimum absolute atomic E-state index is 0.107. The van der Waals surface area contributed by atoms with Crippen molar-refractivity contribution in [3.05, 3.63) is 17.1 Å². The normalized spacial score (nSPS) is 12.1. The van der Waals surface area contributed by atoms with Crippen molar-refractivity contribution < 1.29 is 22.7 Å². The summed E-state index contributed by atoms with van der Waals surface area (Å²) in [5.74, 6) is -1.07. The third-order valence-electron chi connectivity index (χ3n) is 3.16. The molecule has 0 fully saturated rings. The van der Waals surface area contributed by atoms with Crippen LogP contribution in [0.15, 0.2) is 9.31 Å². The Morgan fingerprint density at radius 2 is 1.85 bits per heavy atom. The first kappa shape index (κ1) is 16.7. The maximum Gasteiger partial charge on any atom is 0.340 e. The Labute approximate surface area is 119 Å². The minimum atomic E-state index is -3.85. The summed E-state index contributed by atoms with van der Waals surface area (Å²) in [4.78, 5) is 11.0. The van der Waals surface area contributed by atoms with Gasteiger partial charge in [0.15, 0.2) is 0 Å². The molecule has 0 saturated heterocycles. The van der Waals surface area contributed by atoms with Crippen molar-refractivity contribution in [1.82, 2.24) is 4.31 Å². The van der Waals surface area contributed by atoms with E-state index in [2.05, 4.69) is 0 Å². The standard InChI is InChI=1S/C13H21NO5S/c1-5-6-7-8-14(4)20(17,18)12-10(3)19-9(2)11(12)13(15)16/h5-8H2,1-4H3,(H,15,16). The predicted octanol–water partition coefficient (Wildman–Crippen LogP) is 2.41. The van der Waals surface area contributed by atoms with E-state index in [9.17, 15) is 18.3 Å². The molecular weight excluding hydrogens is 282 g/mol. The van der Waals surface area contributed by atoms with Crippen LogP contribution in [0.1, 0.15) is 48.1 Å². The van der Waals surface area contributed by atoms with E-state index < -0.39 is 16.0 Å². The van der Waals surface area contributed by atoms with Gasteiger partial charge in [0.05, 0.1) is 0 Å². The third-order valence-corrected chi connectivity index (χ3v) is 5.17. The lowest BCUT2D eigenvalue weighted by atomic mass is 10.2. The topological polar surface area (TPSA) is 87.8 Å². The van der Waals surface area contributed by atoms with Crippen LogP contribution in [-0.4, -0.2) is 37.4 Å². The van der Waals surface area contributed by atoms with Gasteiger partial charge in [0.1, 0.15) is 22.0 Å². The van der Waals surface area contributed by atoms with Gasteiger partial charge in [0, 0.05) is 13.6 Å². The highest BCUT2D eigenvalue weighted by Gasteiger charge is 2.33. The van der Waals surface area contributed by atoms with Crippen molar-refractivity contribution in [2.45, 2.75) is 44.9 Å². The van der Waals surface area contributed by atoms with Crippen molar-refractivity contribution in [3.8, 4) is 0 Å². The molecule has 7 heteroatoms. The number of sulfonamides is 1. The summed E-state index contributed by atoms with van der Waals surface area (Å²) in [6.45, 7) is 5.30. The predicted molar refractivity (Wildman–Crippen MR) is 74.5 cm³/mol. The zero-order chi connectivity index (χ0) is 15.5. The fourth-order valence-corrected chi connectivity index (χ4v) is 3.66. The summed E-state index contributed by atoms with van der Waals surface area (Å²) in [5.41, 5.74) is -0.273. The van der Waals surface area contributed by atoms with Crippen LogP contribution in [-0.2, 0) is 10.0 Å². The van der Waals surface area contributed by atoms with Crippen LogP contribution >= 0.6 is 0 Å². The third kappa shape index (κ3) is 3.21. The number of carboxylic acid groups (broad SMARTS) is 1. The van der Waals surface area contributed by atoms with Gasteiger partial charge >= 0.3 is 5.97 Å². The molecule has 114 valence electrons. The van der Waals surface area contributed by atoms with Gasteiger partial charge in [-0.1, -0.05) is 19.8 Å². The Morgan fingerprint density at radius 3 is 2.35 bits per heavy atom. The lowest BCUT2D eigenvalue weighted by Crippen LogP contribution is -2.29. The second kappa shape index (κ2) is 6.41. The van der Waals surface area contributed by atoms with Crippen LogP contribution in [0.25, 0.3) is 0 Å². The lowest BCUT2D eigenvalue weighted by Gasteiger charge is -2.17. The first-order valence-corrected chi connectivity index (χ1v) is 7.97. The van der Waals surface area contributed by atoms with Gasteiger partial charge in [-0.15, -0.1) is 0 Å². The molecule has 0 amide bonds. The molecule has 0 aromatic carbocycles. The first-order chi connectivity index (χ1) is 9.23. The quantitative estimate of drug-likeness (QED) is 0.781. The van der Waals surface area contributed by atoms with Crippen LogP contribution in [0, 0.1) is 13.8 Å². The maximum absolute atomic E-state index is 12.5. The number of aromatic carboxylic acids is 1. The number of aryl methyl sites for hydroxylation is 2. The smallest absolute Gasteiger partial charge is 0.340 e. The van der Waals surface area contributed by atoms with Gasteiger partial charge in [0.2, 0.25) is 10.0 Å². The molecule has 0 saturated carbocycles. The average Bonchev–Trinajstić information content (AvgIpc) is 2.64. The molecule has 0 unspecified atom stereocenters. The van der Waals surface area contributed by atoms with Crippen LogP contribution in [0.2, 0.25) is 0 Å². The summed E-state index contributed by atoms with van der Waals surface area (Å²) in [7, 11) is -2.39. The van der Waals surface area contributed by atoms with E-state index in [4.69, 9.17) is 4.42 Å². The summed E-state index contributed by atoms with van der Waals surface area (Å²) in [6, 6.07) is 0. The second-order valence-corrected chi connectivity index (χ2v) is 6.74. The minimum Gasteiger partial charge on any atom is -0.478 e. The van der Waals surface area contributed by atoms with Gasteiger partial charge in [-0.2, -0.15) is 0 Å². The number of nitrogens with zero attached hydrogens (tertiary/aromatic N) is 1. The van der Waals surface area contributed by atoms with Crippen LogP contribution in [0.3, 0.4) is 0 Å². The highest BCUT2D eigenvalue weighted by molar-refractivity contribution is 7.89. The molecule has 6 nitrogen and oxygen atoms in total.